The number of hydrogen-bond donors (Lipinski definition) is 1. The highest BCUT2D eigenvalue weighted by Crippen LogP contribution is 2.33. The molecule has 0 amide bonds. The van der Waals surface area contributed by atoms with Crippen molar-refractivity contribution < 1.29 is 5.11 Å². The van der Waals surface area contributed by atoms with Gasteiger partial charge in [0.05, 0.1) is 17.1 Å². The van der Waals surface area contributed by atoms with Crippen LogP contribution in [0.25, 0.3) is 22.4 Å². The zero-order valence-electron chi connectivity index (χ0n) is 14.4. The lowest BCUT2D eigenvalue weighted by molar-refractivity contribution is 0.475. The van der Waals surface area contributed by atoms with Crippen molar-refractivity contribution in [1.29, 1.82) is 0 Å². The van der Waals surface area contributed by atoms with Gasteiger partial charge in [-0.05, 0) is 68.0 Å². The van der Waals surface area contributed by atoms with Crippen LogP contribution in [-0.2, 0) is 0 Å². The first-order valence-corrected chi connectivity index (χ1v) is 8.87. The van der Waals surface area contributed by atoms with Crippen LogP contribution in [0.3, 0.4) is 0 Å². The highest BCUT2D eigenvalue weighted by molar-refractivity contribution is 5.75. The number of rotatable bonds is 3. The number of phenolic OH excluding ortho intramolecular Hbond substituents is 1. The molecule has 1 N–H and O–H groups in total. The molecule has 0 radical (unpaired) electrons. The molecular weight excluding hydrogens is 308 g/mol. The summed E-state index contributed by atoms with van der Waals surface area (Å²) in [6.45, 7) is 2.05. The Morgan fingerprint density at radius 2 is 1.80 bits per heavy atom. The largest absolute Gasteiger partial charge is 0.508 e. The van der Waals surface area contributed by atoms with Gasteiger partial charge in [0.2, 0.25) is 0 Å². The molecule has 1 aliphatic rings. The highest BCUT2D eigenvalue weighted by atomic mass is 16.3. The summed E-state index contributed by atoms with van der Waals surface area (Å²) in [5.41, 5.74) is 6.88. The lowest BCUT2D eigenvalue weighted by Gasteiger charge is -2.17. The van der Waals surface area contributed by atoms with E-state index in [1.807, 2.05) is 25.1 Å². The molecule has 126 valence electrons. The maximum Gasteiger partial charge on any atom is 0.115 e. The van der Waals surface area contributed by atoms with Crippen LogP contribution in [0.4, 0.5) is 0 Å². The third-order valence-corrected chi connectivity index (χ3v) is 4.76. The Hall–Kier alpha value is -2.81. The Kier molecular flexibility index (Phi) is 4.14. The Balaban J connectivity index is 1.86. The number of aromatic hydroxyl groups is 1. The lowest BCUT2D eigenvalue weighted by atomic mass is 9.96. The summed E-state index contributed by atoms with van der Waals surface area (Å²) in [6.07, 6.45) is 7.15. The smallest absolute Gasteiger partial charge is 0.115 e. The predicted octanol–water partition coefficient (Wildman–Crippen LogP) is 5.51. The fourth-order valence-electron chi connectivity index (χ4n) is 3.53. The first kappa shape index (κ1) is 15.7. The van der Waals surface area contributed by atoms with E-state index in [2.05, 4.69) is 35.0 Å². The molecule has 1 heterocycles. The molecule has 3 nitrogen and oxygen atoms in total. The Labute approximate surface area is 148 Å². The van der Waals surface area contributed by atoms with Gasteiger partial charge in [-0.3, -0.25) is 0 Å². The summed E-state index contributed by atoms with van der Waals surface area (Å²) in [4.78, 5) is 0. The van der Waals surface area contributed by atoms with Crippen molar-refractivity contribution in [1.82, 2.24) is 9.78 Å². The van der Waals surface area contributed by atoms with Crippen LogP contribution < -0.4 is 0 Å². The van der Waals surface area contributed by atoms with Gasteiger partial charge in [0.15, 0.2) is 0 Å². The van der Waals surface area contributed by atoms with E-state index in [-0.39, 0.29) is 5.75 Å². The van der Waals surface area contributed by atoms with E-state index in [4.69, 9.17) is 5.10 Å². The third-order valence-electron chi connectivity index (χ3n) is 4.76. The predicted molar refractivity (Wildman–Crippen MR) is 102 cm³/mol. The van der Waals surface area contributed by atoms with Crippen molar-refractivity contribution in [3.05, 3.63) is 72.1 Å². The van der Waals surface area contributed by atoms with Gasteiger partial charge in [-0.15, -0.1) is 0 Å². The number of hydrogen-bond acceptors (Lipinski definition) is 2. The Morgan fingerprint density at radius 1 is 1.00 bits per heavy atom. The average molecular weight is 330 g/mol. The summed E-state index contributed by atoms with van der Waals surface area (Å²) in [7, 11) is 0. The minimum Gasteiger partial charge on any atom is -0.508 e. The molecule has 1 aliphatic carbocycles. The molecule has 0 spiro atoms. The van der Waals surface area contributed by atoms with E-state index >= 15 is 0 Å². The molecule has 0 saturated carbocycles. The zero-order chi connectivity index (χ0) is 17.2. The Morgan fingerprint density at radius 3 is 2.56 bits per heavy atom. The first-order valence-electron chi connectivity index (χ1n) is 8.87. The maximum absolute atomic E-state index is 9.58. The van der Waals surface area contributed by atoms with Crippen LogP contribution >= 0.6 is 0 Å². The van der Waals surface area contributed by atoms with Crippen molar-refractivity contribution in [2.24, 2.45) is 0 Å². The second kappa shape index (κ2) is 6.60. The van der Waals surface area contributed by atoms with Crippen molar-refractivity contribution in [3.8, 4) is 22.6 Å². The van der Waals surface area contributed by atoms with Crippen LogP contribution in [0.2, 0.25) is 0 Å². The average Bonchev–Trinajstić information content (AvgIpc) is 3.05. The molecule has 0 unspecified atom stereocenters. The number of para-hydroxylation sites is 1. The molecule has 4 rings (SSSR count). The minimum atomic E-state index is 0.282. The number of aryl methyl sites for hydroxylation is 1. The van der Waals surface area contributed by atoms with E-state index in [0.29, 0.717) is 0 Å². The summed E-state index contributed by atoms with van der Waals surface area (Å²) in [5.74, 6) is 0.282. The summed E-state index contributed by atoms with van der Waals surface area (Å²) >= 11 is 0. The van der Waals surface area contributed by atoms with Gasteiger partial charge in [-0.2, -0.15) is 5.10 Å². The molecule has 2 aromatic carbocycles. The first-order chi connectivity index (χ1) is 12.2. The summed E-state index contributed by atoms with van der Waals surface area (Å²) < 4.78 is 2.08. The van der Waals surface area contributed by atoms with Gasteiger partial charge in [0.1, 0.15) is 5.75 Å². The second-order valence-corrected chi connectivity index (χ2v) is 6.62. The highest BCUT2D eigenvalue weighted by Gasteiger charge is 2.16. The normalized spacial score (nSPS) is 14.4. The second-order valence-electron chi connectivity index (χ2n) is 6.62. The monoisotopic (exact) mass is 330 g/mol. The van der Waals surface area contributed by atoms with Gasteiger partial charge in [-0.25, -0.2) is 4.68 Å². The van der Waals surface area contributed by atoms with E-state index in [1.54, 1.807) is 12.1 Å². The molecule has 0 bridgehead atoms. The van der Waals surface area contributed by atoms with Crippen LogP contribution in [0, 0.1) is 6.92 Å². The standard InChI is InChI=1S/C22H22N2O/c1-16-15-22(18-7-3-2-4-8-18)24(23-16)21-10-6-5-9-20(21)17-11-13-19(25)14-12-17/h5-7,9-15,25H,2-4,8H2,1H3. The Bertz CT molecular complexity index is 919. The fourth-order valence-corrected chi connectivity index (χ4v) is 3.53. The third kappa shape index (κ3) is 3.10. The molecular formula is C22H22N2O. The lowest BCUT2D eigenvalue weighted by Crippen LogP contribution is -2.05. The van der Waals surface area contributed by atoms with Gasteiger partial charge < -0.3 is 5.11 Å². The molecule has 0 saturated heterocycles. The number of nitrogens with zero attached hydrogens (tertiary/aromatic N) is 2. The van der Waals surface area contributed by atoms with Gasteiger partial charge >= 0.3 is 0 Å². The molecule has 1 aromatic heterocycles. The SMILES string of the molecule is Cc1cc(C2=CCCCC2)n(-c2ccccc2-c2ccc(O)cc2)n1. The van der Waals surface area contributed by atoms with Crippen molar-refractivity contribution in [3.63, 3.8) is 0 Å². The van der Waals surface area contributed by atoms with E-state index in [0.717, 1.165) is 35.3 Å². The van der Waals surface area contributed by atoms with Crippen molar-refractivity contribution in [2.45, 2.75) is 32.6 Å². The van der Waals surface area contributed by atoms with Crippen LogP contribution in [0.5, 0.6) is 5.75 Å². The van der Waals surface area contributed by atoms with E-state index in [1.165, 1.54) is 24.1 Å². The molecule has 0 aliphatic heterocycles. The molecule has 0 fully saturated rings. The van der Waals surface area contributed by atoms with Crippen LogP contribution in [0.15, 0.2) is 60.7 Å². The summed E-state index contributed by atoms with van der Waals surface area (Å²) in [6, 6.07) is 17.9. The topological polar surface area (TPSA) is 38.0 Å². The number of allylic oxidation sites excluding steroid dienone is 2. The number of benzene rings is 2. The minimum absolute atomic E-state index is 0.282. The van der Waals surface area contributed by atoms with Crippen molar-refractivity contribution in [2.75, 3.05) is 0 Å². The number of aromatic nitrogens is 2. The van der Waals surface area contributed by atoms with Gasteiger partial charge in [0.25, 0.3) is 0 Å². The molecule has 3 heteroatoms. The van der Waals surface area contributed by atoms with Gasteiger partial charge in [0, 0.05) is 5.56 Å². The number of phenols is 1. The van der Waals surface area contributed by atoms with Crippen LogP contribution in [-0.4, -0.2) is 14.9 Å². The maximum atomic E-state index is 9.58. The quantitative estimate of drug-likeness (QED) is 0.687. The van der Waals surface area contributed by atoms with Gasteiger partial charge in [-0.1, -0.05) is 36.4 Å². The molecule has 25 heavy (non-hydrogen) atoms. The van der Waals surface area contributed by atoms with Crippen molar-refractivity contribution >= 4 is 5.57 Å². The molecule has 3 aromatic rings. The fraction of sp³-hybridized carbons (Fsp3) is 0.227. The van der Waals surface area contributed by atoms with Crippen LogP contribution in [0.1, 0.15) is 37.1 Å². The zero-order valence-corrected chi connectivity index (χ0v) is 14.4. The van der Waals surface area contributed by atoms with E-state index < -0.39 is 0 Å². The molecule has 0 atom stereocenters. The summed E-state index contributed by atoms with van der Waals surface area (Å²) in [5, 5.41) is 14.4. The van der Waals surface area contributed by atoms with E-state index in [9.17, 15) is 5.11 Å².